The van der Waals surface area contributed by atoms with Gasteiger partial charge in [-0.25, -0.2) is 13.8 Å². The summed E-state index contributed by atoms with van der Waals surface area (Å²) in [6, 6.07) is 7.67. The first-order valence-corrected chi connectivity index (χ1v) is 14.7. The second kappa shape index (κ2) is 9.55. The second-order valence-corrected chi connectivity index (χ2v) is 13.3. The maximum atomic E-state index is 13.5. The van der Waals surface area contributed by atoms with E-state index in [-0.39, 0.29) is 30.3 Å². The average Bonchev–Trinajstić information content (AvgIpc) is 3.58. The Bertz CT molecular complexity index is 1230. The molecule has 0 bridgehead atoms. The zero-order chi connectivity index (χ0) is 24.7. The van der Waals surface area contributed by atoms with E-state index in [9.17, 15) is 18.1 Å². The Hall–Kier alpha value is -2.44. The minimum atomic E-state index is -2.68. The zero-order valence-electron chi connectivity index (χ0n) is 20.0. The van der Waals surface area contributed by atoms with Crippen LogP contribution in [0.15, 0.2) is 29.3 Å². The highest BCUT2D eigenvalue weighted by Gasteiger charge is 2.31. The van der Waals surface area contributed by atoms with Crippen LogP contribution in [0.3, 0.4) is 0 Å². The monoisotopic (exact) mass is 501 g/mol. The van der Waals surface area contributed by atoms with E-state index in [1.54, 1.807) is 19.4 Å². The summed E-state index contributed by atoms with van der Waals surface area (Å²) in [7, 11) is -2.68. The third-order valence-corrected chi connectivity index (χ3v) is 8.46. The van der Waals surface area contributed by atoms with Gasteiger partial charge in [-0.2, -0.15) is 0 Å². The summed E-state index contributed by atoms with van der Waals surface area (Å²) in [6.45, 7) is 4.88. The molecule has 186 valence electrons. The molecule has 2 fully saturated rings. The summed E-state index contributed by atoms with van der Waals surface area (Å²) in [5, 5.41) is 4.03. The highest BCUT2D eigenvalue weighted by atomic mass is 31.2. The Morgan fingerprint density at radius 1 is 1.14 bits per heavy atom. The van der Waals surface area contributed by atoms with E-state index < -0.39 is 13.6 Å². The molecule has 1 saturated heterocycles. The Kier molecular flexibility index (Phi) is 6.62. The van der Waals surface area contributed by atoms with Crippen molar-refractivity contribution in [3.05, 3.63) is 41.2 Å². The molecule has 3 aliphatic rings. The summed E-state index contributed by atoms with van der Waals surface area (Å²) in [5.41, 5.74) is 3.43. The number of aliphatic imine (C=N–C) groups is 1. The number of fused-ring (bicyclic) bond motifs is 1. The van der Waals surface area contributed by atoms with Gasteiger partial charge in [-0.05, 0) is 68.7 Å². The van der Waals surface area contributed by atoms with Crippen molar-refractivity contribution in [2.75, 3.05) is 31.9 Å². The lowest BCUT2D eigenvalue weighted by atomic mass is 9.91. The number of anilines is 2. The number of aromatic nitrogens is 1. The van der Waals surface area contributed by atoms with Crippen molar-refractivity contribution in [2.45, 2.75) is 50.9 Å². The van der Waals surface area contributed by atoms with Crippen molar-refractivity contribution in [1.29, 1.82) is 0 Å². The Morgan fingerprint density at radius 3 is 2.54 bits per heavy atom. The van der Waals surface area contributed by atoms with Crippen LogP contribution in [0.5, 0.6) is 0 Å². The number of halogens is 2. The number of alkyl halides is 2. The number of rotatable bonds is 8. The van der Waals surface area contributed by atoms with Crippen LogP contribution in [0, 0.1) is 5.92 Å². The Morgan fingerprint density at radius 2 is 1.89 bits per heavy atom. The molecular formula is C26H30F2N3O3P. The van der Waals surface area contributed by atoms with E-state index in [4.69, 9.17) is 4.74 Å². The molecule has 5 rings (SSSR count). The SMILES string of the molecule is CP(C)(=O)c1cc(C2CCOCC2)ccc1Nc1cc(CC(=O)C2CC2)nc2c1N=C(C(F)F)C2. The number of ketones is 1. The summed E-state index contributed by atoms with van der Waals surface area (Å²) in [4.78, 5) is 21.1. The smallest absolute Gasteiger partial charge is 0.277 e. The van der Waals surface area contributed by atoms with Crippen LogP contribution < -0.4 is 10.6 Å². The largest absolute Gasteiger partial charge is 0.381 e. The van der Waals surface area contributed by atoms with E-state index in [1.807, 2.05) is 18.2 Å². The number of carbonyl (C=O) groups excluding carboxylic acids is 1. The molecule has 35 heavy (non-hydrogen) atoms. The highest BCUT2D eigenvalue weighted by Crippen LogP contribution is 2.43. The number of ether oxygens (including phenoxy) is 1. The fourth-order valence-corrected chi connectivity index (χ4v) is 5.99. The molecule has 0 spiro atoms. The van der Waals surface area contributed by atoms with E-state index in [0.717, 1.165) is 31.2 Å². The lowest BCUT2D eigenvalue weighted by Crippen LogP contribution is -2.17. The van der Waals surface area contributed by atoms with Gasteiger partial charge in [0.2, 0.25) is 0 Å². The molecule has 6 nitrogen and oxygen atoms in total. The fourth-order valence-electron chi connectivity index (χ4n) is 4.82. The van der Waals surface area contributed by atoms with Crippen LogP contribution in [0.4, 0.5) is 25.8 Å². The highest BCUT2D eigenvalue weighted by molar-refractivity contribution is 7.70. The maximum Gasteiger partial charge on any atom is 0.277 e. The van der Waals surface area contributed by atoms with E-state index in [0.29, 0.717) is 52.9 Å². The van der Waals surface area contributed by atoms with Gasteiger partial charge < -0.3 is 14.6 Å². The van der Waals surface area contributed by atoms with Crippen LogP contribution in [0.2, 0.25) is 0 Å². The topological polar surface area (TPSA) is 80.6 Å². The predicted molar refractivity (Wildman–Crippen MR) is 134 cm³/mol. The molecule has 0 atom stereocenters. The van der Waals surface area contributed by atoms with E-state index in [1.165, 1.54) is 0 Å². The summed E-state index contributed by atoms with van der Waals surface area (Å²) >= 11 is 0. The zero-order valence-corrected chi connectivity index (χ0v) is 20.9. The van der Waals surface area contributed by atoms with Gasteiger partial charge in [0.25, 0.3) is 6.43 Å². The van der Waals surface area contributed by atoms with Crippen LogP contribution >= 0.6 is 7.14 Å². The Labute approximate surface area is 204 Å². The molecule has 1 N–H and O–H groups in total. The molecule has 1 aliphatic carbocycles. The Balaban J connectivity index is 1.52. The number of carbonyl (C=O) groups is 1. The number of benzene rings is 1. The van der Waals surface area contributed by atoms with Crippen molar-refractivity contribution in [3.8, 4) is 0 Å². The molecule has 1 aromatic carbocycles. The van der Waals surface area contributed by atoms with Gasteiger partial charge in [-0.1, -0.05) is 6.07 Å². The first kappa shape index (κ1) is 24.3. The van der Waals surface area contributed by atoms with Gasteiger partial charge in [0.05, 0.1) is 22.8 Å². The fraction of sp³-hybridized carbons (Fsp3) is 0.500. The van der Waals surface area contributed by atoms with Crippen LogP contribution in [0.1, 0.15) is 48.6 Å². The van der Waals surface area contributed by atoms with Gasteiger partial charge in [-0.3, -0.25) is 9.78 Å². The molecule has 2 aromatic rings. The predicted octanol–water partition coefficient (Wildman–Crippen LogP) is 5.38. The van der Waals surface area contributed by atoms with E-state index >= 15 is 0 Å². The molecular weight excluding hydrogens is 471 g/mol. The van der Waals surface area contributed by atoms with Crippen LogP contribution in [0.25, 0.3) is 0 Å². The van der Waals surface area contributed by atoms with Gasteiger partial charge >= 0.3 is 0 Å². The van der Waals surface area contributed by atoms with Gasteiger partial charge in [-0.15, -0.1) is 0 Å². The van der Waals surface area contributed by atoms with Crippen molar-refractivity contribution in [1.82, 2.24) is 4.98 Å². The molecule has 0 radical (unpaired) electrons. The van der Waals surface area contributed by atoms with Gasteiger partial charge in [0.1, 0.15) is 18.6 Å². The first-order valence-electron chi connectivity index (χ1n) is 12.1. The molecule has 1 aromatic heterocycles. The third kappa shape index (κ3) is 5.39. The van der Waals surface area contributed by atoms with Gasteiger partial charge in [0, 0.05) is 43.0 Å². The molecule has 0 amide bonds. The minimum Gasteiger partial charge on any atom is -0.381 e. The van der Waals surface area contributed by atoms with Crippen molar-refractivity contribution in [2.24, 2.45) is 10.9 Å². The average molecular weight is 502 g/mol. The van der Waals surface area contributed by atoms with Crippen molar-refractivity contribution < 1.29 is 22.9 Å². The normalized spacial score (nSPS) is 18.5. The standard InChI is InChI=1S/C26H30F2N3O3P/c1-35(2,33)24-11-17(15-7-9-34-10-8-15)5-6-19(24)30-20-12-18(13-23(32)16-3-4-16)29-21-14-22(26(27)28)31-25(20)21/h5-6,11-12,15-16,26H,3-4,7-10,13-14H2,1-2H3,(H,29,30). The van der Waals surface area contributed by atoms with Crippen LogP contribution in [-0.4, -0.2) is 49.4 Å². The summed E-state index contributed by atoms with van der Waals surface area (Å²) < 4.78 is 45.7. The summed E-state index contributed by atoms with van der Waals surface area (Å²) in [6.07, 6.45) is 1.11. The second-order valence-electron chi connectivity index (χ2n) is 10.1. The van der Waals surface area contributed by atoms with E-state index in [2.05, 4.69) is 15.3 Å². The number of pyridine rings is 1. The molecule has 3 heterocycles. The number of Topliss-reactive ketones (excluding diaryl/α,β-unsaturated/α-hetero) is 1. The molecule has 1 saturated carbocycles. The minimum absolute atomic E-state index is 0.0390. The molecule has 9 heteroatoms. The maximum absolute atomic E-state index is 13.5. The van der Waals surface area contributed by atoms with Crippen molar-refractivity contribution in [3.63, 3.8) is 0 Å². The lowest BCUT2D eigenvalue weighted by Gasteiger charge is -2.25. The molecule has 2 aliphatic heterocycles. The first-order chi connectivity index (χ1) is 16.7. The van der Waals surface area contributed by atoms with Crippen LogP contribution in [-0.2, 0) is 26.9 Å². The number of nitrogens with zero attached hydrogens (tertiary/aromatic N) is 2. The number of hydrogen-bond acceptors (Lipinski definition) is 6. The number of nitrogens with one attached hydrogen (secondary N) is 1. The quantitative estimate of drug-likeness (QED) is 0.491. The number of hydrogen-bond donors (Lipinski definition) is 1. The molecule has 0 unspecified atom stereocenters. The van der Waals surface area contributed by atoms with Gasteiger partial charge in [0.15, 0.2) is 0 Å². The third-order valence-electron chi connectivity index (χ3n) is 6.93. The summed E-state index contributed by atoms with van der Waals surface area (Å²) in [5.74, 6) is 0.570. The van der Waals surface area contributed by atoms with Crippen molar-refractivity contribution >= 4 is 41.0 Å². The lowest BCUT2D eigenvalue weighted by molar-refractivity contribution is -0.119.